The zero-order valence-corrected chi connectivity index (χ0v) is 8.66. The molecule has 1 aromatic rings. The molecule has 0 aliphatic heterocycles. The zero-order chi connectivity index (χ0) is 10.4. The molecule has 1 aromatic carbocycles. The van der Waals surface area contributed by atoms with Crippen LogP contribution in [0.4, 0.5) is 0 Å². The molecule has 4 nitrogen and oxygen atoms in total. The first kappa shape index (κ1) is 11.2. The molecule has 0 saturated carbocycles. The molecule has 0 aliphatic rings. The van der Waals surface area contributed by atoms with Gasteiger partial charge in [0.15, 0.2) is 0 Å². The molecule has 0 N–H and O–H groups in total. The predicted molar refractivity (Wildman–Crippen MR) is 51.8 cm³/mol. The lowest BCUT2D eigenvalue weighted by molar-refractivity contribution is 0.215. The maximum absolute atomic E-state index is 11.0. The van der Waals surface area contributed by atoms with Crippen molar-refractivity contribution in [2.75, 3.05) is 6.61 Å². The van der Waals surface area contributed by atoms with Gasteiger partial charge in [-0.25, -0.2) is 8.37 Å². The summed E-state index contributed by atoms with van der Waals surface area (Å²) < 4.78 is 30.9. The maximum Gasteiger partial charge on any atom is 0.400 e. The van der Waals surface area contributed by atoms with Crippen molar-refractivity contribution in [3.63, 3.8) is 0 Å². The Hall–Kier alpha value is -0.910. The highest BCUT2D eigenvalue weighted by Crippen LogP contribution is 2.04. The third kappa shape index (κ3) is 3.87. The van der Waals surface area contributed by atoms with Crippen LogP contribution in [0.25, 0.3) is 0 Å². The summed E-state index contributed by atoms with van der Waals surface area (Å²) >= 11 is 0. The minimum absolute atomic E-state index is 0.00315. The second kappa shape index (κ2) is 5.09. The highest BCUT2D eigenvalue weighted by Gasteiger charge is 2.09. The molecule has 0 atom stereocenters. The first-order valence-corrected chi connectivity index (χ1v) is 5.55. The van der Waals surface area contributed by atoms with E-state index in [1.54, 1.807) is 19.1 Å². The van der Waals surface area contributed by atoms with Crippen LogP contribution in [-0.2, 0) is 25.4 Å². The molecule has 0 bridgehead atoms. The van der Waals surface area contributed by atoms with Crippen LogP contribution in [0.1, 0.15) is 12.5 Å². The van der Waals surface area contributed by atoms with E-state index >= 15 is 0 Å². The summed E-state index contributed by atoms with van der Waals surface area (Å²) in [7, 11) is -3.83. The van der Waals surface area contributed by atoms with Gasteiger partial charge in [0, 0.05) is 0 Å². The van der Waals surface area contributed by atoms with Gasteiger partial charge < -0.3 is 0 Å². The average molecular weight is 216 g/mol. The fourth-order valence-electron chi connectivity index (χ4n) is 0.893. The second-order valence-electron chi connectivity index (χ2n) is 2.56. The fourth-order valence-corrected chi connectivity index (χ4v) is 1.53. The van der Waals surface area contributed by atoms with Crippen LogP contribution < -0.4 is 0 Å². The summed E-state index contributed by atoms with van der Waals surface area (Å²) in [5.41, 5.74) is 0.788. The molecule has 0 spiro atoms. The van der Waals surface area contributed by atoms with E-state index in [9.17, 15) is 8.42 Å². The normalized spacial score (nSPS) is 11.5. The Bertz CT molecular complexity index is 358. The summed E-state index contributed by atoms with van der Waals surface area (Å²) in [5, 5.41) is 0. The van der Waals surface area contributed by atoms with Gasteiger partial charge in [0.25, 0.3) is 0 Å². The molecule has 14 heavy (non-hydrogen) atoms. The molecule has 0 heterocycles. The zero-order valence-electron chi connectivity index (χ0n) is 7.84. The Morgan fingerprint density at radius 1 is 1.14 bits per heavy atom. The Balaban J connectivity index is 2.49. The van der Waals surface area contributed by atoms with Gasteiger partial charge in [-0.15, -0.1) is 0 Å². The van der Waals surface area contributed by atoms with E-state index in [2.05, 4.69) is 8.37 Å². The van der Waals surface area contributed by atoms with Gasteiger partial charge >= 0.3 is 10.4 Å². The van der Waals surface area contributed by atoms with Crippen LogP contribution in [0.15, 0.2) is 30.3 Å². The lowest BCUT2D eigenvalue weighted by atomic mass is 10.2. The molecule has 78 valence electrons. The molecule has 0 aromatic heterocycles. The van der Waals surface area contributed by atoms with Crippen LogP contribution >= 0.6 is 0 Å². The van der Waals surface area contributed by atoms with E-state index < -0.39 is 10.4 Å². The molecule has 0 radical (unpaired) electrons. The smallest absolute Gasteiger partial charge is 0.248 e. The van der Waals surface area contributed by atoms with Gasteiger partial charge in [-0.1, -0.05) is 30.3 Å². The highest BCUT2D eigenvalue weighted by atomic mass is 32.3. The molecule has 1 rings (SSSR count). The van der Waals surface area contributed by atoms with Crippen LogP contribution in [0, 0.1) is 0 Å². The first-order valence-electron chi connectivity index (χ1n) is 4.22. The minimum Gasteiger partial charge on any atom is -0.248 e. The monoisotopic (exact) mass is 216 g/mol. The molecular weight excluding hydrogens is 204 g/mol. The van der Waals surface area contributed by atoms with Crippen molar-refractivity contribution in [1.82, 2.24) is 0 Å². The lowest BCUT2D eigenvalue weighted by Gasteiger charge is -2.03. The van der Waals surface area contributed by atoms with Crippen LogP contribution in [0.3, 0.4) is 0 Å². The Morgan fingerprint density at radius 2 is 1.79 bits per heavy atom. The van der Waals surface area contributed by atoms with Crippen molar-refractivity contribution in [1.29, 1.82) is 0 Å². The number of hydrogen-bond donors (Lipinski definition) is 0. The van der Waals surface area contributed by atoms with Gasteiger partial charge in [-0.2, -0.15) is 8.42 Å². The van der Waals surface area contributed by atoms with Gasteiger partial charge in [-0.05, 0) is 12.5 Å². The first-order chi connectivity index (χ1) is 6.64. The molecule has 0 fully saturated rings. The minimum atomic E-state index is -3.83. The van der Waals surface area contributed by atoms with Crippen molar-refractivity contribution in [2.45, 2.75) is 13.5 Å². The number of benzene rings is 1. The molecule has 0 amide bonds. The SMILES string of the molecule is CCOS(=O)(=O)OCc1ccccc1. The molecule has 5 heteroatoms. The van der Waals surface area contributed by atoms with Gasteiger partial charge in [0.2, 0.25) is 0 Å². The summed E-state index contributed by atoms with van der Waals surface area (Å²) in [6.07, 6.45) is 0. The predicted octanol–water partition coefficient (Wildman–Crippen LogP) is 1.48. The second-order valence-corrected chi connectivity index (χ2v) is 3.85. The Kier molecular flexibility index (Phi) is 4.06. The van der Waals surface area contributed by atoms with E-state index in [0.717, 1.165) is 5.56 Å². The van der Waals surface area contributed by atoms with E-state index in [0.29, 0.717) is 0 Å². The van der Waals surface area contributed by atoms with E-state index in [1.165, 1.54) is 0 Å². The maximum atomic E-state index is 11.0. The average Bonchev–Trinajstić information content (AvgIpc) is 2.17. The van der Waals surface area contributed by atoms with E-state index in [-0.39, 0.29) is 13.2 Å². The quantitative estimate of drug-likeness (QED) is 0.748. The highest BCUT2D eigenvalue weighted by molar-refractivity contribution is 7.81. The topological polar surface area (TPSA) is 52.6 Å². The third-order valence-electron chi connectivity index (χ3n) is 1.47. The summed E-state index contributed by atoms with van der Waals surface area (Å²) in [4.78, 5) is 0. The summed E-state index contributed by atoms with van der Waals surface area (Å²) in [6.45, 7) is 1.67. The molecule has 0 saturated heterocycles. The van der Waals surface area contributed by atoms with Gasteiger partial charge in [0.1, 0.15) is 0 Å². The van der Waals surface area contributed by atoms with Crippen molar-refractivity contribution in [2.24, 2.45) is 0 Å². The molecule has 0 unspecified atom stereocenters. The van der Waals surface area contributed by atoms with Crippen molar-refractivity contribution < 1.29 is 16.8 Å². The van der Waals surface area contributed by atoms with E-state index in [4.69, 9.17) is 0 Å². The number of rotatable bonds is 5. The number of hydrogen-bond acceptors (Lipinski definition) is 4. The molecular formula is C9H12O4S. The van der Waals surface area contributed by atoms with E-state index in [1.807, 2.05) is 18.2 Å². The fraction of sp³-hybridized carbons (Fsp3) is 0.333. The Morgan fingerprint density at radius 3 is 2.36 bits per heavy atom. The van der Waals surface area contributed by atoms with Gasteiger partial charge in [0.05, 0.1) is 13.2 Å². The van der Waals surface area contributed by atoms with Crippen LogP contribution in [0.2, 0.25) is 0 Å². The molecule has 0 aliphatic carbocycles. The van der Waals surface area contributed by atoms with Crippen molar-refractivity contribution in [3.8, 4) is 0 Å². The summed E-state index contributed by atoms with van der Waals surface area (Å²) in [6, 6.07) is 9.03. The summed E-state index contributed by atoms with van der Waals surface area (Å²) in [5.74, 6) is 0. The Labute approximate surface area is 83.8 Å². The largest absolute Gasteiger partial charge is 0.400 e. The third-order valence-corrected chi connectivity index (χ3v) is 2.41. The van der Waals surface area contributed by atoms with Crippen LogP contribution in [0.5, 0.6) is 0 Å². The van der Waals surface area contributed by atoms with Gasteiger partial charge in [-0.3, -0.25) is 0 Å². The lowest BCUT2D eigenvalue weighted by Crippen LogP contribution is -2.09. The standard InChI is InChI=1S/C9H12O4S/c1-2-12-14(10,11)13-8-9-6-4-3-5-7-9/h3-7H,2,8H2,1H3. The van der Waals surface area contributed by atoms with Crippen molar-refractivity contribution >= 4 is 10.4 Å². The van der Waals surface area contributed by atoms with Crippen molar-refractivity contribution in [3.05, 3.63) is 35.9 Å². The van der Waals surface area contributed by atoms with Crippen LogP contribution in [-0.4, -0.2) is 15.0 Å².